The minimum absolute atomic E-state index is 0.471. The Balaban J connectivity index is 1.80. The molecule has 2 rings (SSSR count). The van der Waals surface area contributed by atoms with Crippen LogP contribution in [0.5, 0.6) is 0 Å². The van der Waals surface area contributed by atoms with Gasteiger partial charge in [-0.1, -0.05) is 38.5 Å². The molecule has 1 saturated carbocycles. The number of nitrogens with two attached hydrogens (primary N) is 1. The average Bonchev–Trinajstić information content (AvgIpc) is 2.65. The first kappa shape index (κ1) is 13.3. The summed E-state index contributed by atoms with van der Waals surface area (Å²) in [5.41, 5.74) is 3.06. The molecular weight excluding hydrogens is 212 g/mol. The largest absolute Gasteiger partial charge is 0.381 e. The summed E-state index contributed by atoms with van der Waals surface area (Å²) < 4.78 is 5.58. The van der Waals surface area contributed by atoms with Crippen LogP contribution in [0.4, 0.5) is 0 Å². The number of hydrogen-bond acceptors (Lipinski definition) is 3. The minimum Gasteiger partial charge on any atom is -0.381 e. The Morgan fingerprint density at radius 3 is 2.41 bits per heavy atom. The van der Waals surface area contributed by atoms with Crippen molar-refractivity contribution in [3.63, 3.8) is 0 Å². The van der Waals surface area contributed by atoms with Crippen LogP contribution in [0.15, 0.2) is 0 Å². The summed E-state index contributed by atoms with van der Waals surface area (Å²) >= 11 is 0. The Morgan fingerprint density at radius 2 is 1.82 bits per heavy atom. The van der Waals surface area contributed by atoms with Crippen molar-refractivity contribution in [1.82, 2.24) is 5.43 Å². The first-order valence-electron chi connectivity index (χ1n) is 7.44. The highest BCUT2D eigenvalue weighted by Gasteiger charge is 2.26. The van der Waals surface area contributed by atoms with Crippen LogP contribution in [-0.4, -0.2) is 19.3 Å². The SMILES string of the molecule is NNC(CC1CCCCCC1)C1CCCOC1. The average molecular weight is 240 g/mol. The van der Waals surface area contributed by atoms with E-state index in [0.29, 0.717) is 12.0 Å². The zero-order chi connectivity index (χ0) is 11.9. The van der Waals surface area contributed by atoms with Crippen molar-refractivity contribution < 1.29 is 4.74 Å². The summed E-state index contributed by atoms with van der Waals surface area (Å²) in [5, 5.41) is 0. The standard InChI is InChI=1S/C14H28N2O/c15-16-14(13-8-5-9-17-11-13)10-12-6-3-1-2-4-7-12/h12-14,16H,1-11,15H2. The molecule has 100 valence electrons. The van der Waals surface area contributed by atoms with Gasteiger partial charge >= 0.3 is 0 Å². The van der Waals surface area contributed by atoms with Gasteiger partial charge in [-0.25, -0.2) is 0 Å². The van der Waals surface area contributed by atoms with E-state index in [9.17, 15) is 0 Å². The molecule has 1 heterocycles. The van der Waals surface area contributed by atoms with E-state index in [1.807, 2.05) is 0 Å². The predicted molar refractivity (Wildman–Crippen MR) is 70.5 cm³/mol. The van der Waals surface area contributed by atoms with Crippen LogP contribution >= 0.6 is 0 Å². The molecule has 0 aromatic rings. The monoisotopic (exact) mass is 240 g/mol. The van der Waals surface area contributed by atoms with Crippen molar-refractivity contribution in [3.8, 4) is 0 Å². The smallest absolute Gasteiger partial charge is 0.0509 e. The van der Waals surface area contributed by atoms with Gasteiger partial charge < -0.3 is 4.74 Å². The summed E-state index contributed by atoms with van der Waals surface area (Å²) in [6.45, 7) is 1.85. The lowest BCUT2D eigenvalue weighted by atomic mass is 9.84. The molecule has 1 aliphatic carbocycles. The molecule has 1 aliphatic heterocycles. The number of nitrogens with one attached hydrogen (secondary N) is 1. The van der Waals surface area contributed by atoms with Gasteiger partial charge in [-0.15, -0.1) is 0 Å². The van der Waals surface area contributed by atoms with Crippen molar-refractivity contribution in [1.29, 1.82) is 0 Å². The Kier molecular flexibility index (Phi) is 5.75. The van der Waals surface area contributed by atoms with Gasteiger partial charge in [0.05, 0.1) is 6.61 Å². The lowest BCUT2D eigenvalue weighted by Gasteiger charge is -2.32. The van der Waals surface area contributed by atoms with Gasteiger partial charge in [0, 0.05) is 12.6 Å². The molecule has 0 bridgehead atoms. The molecule has 0 aromatic carbocycles. The zero-order valence-electron chi connectivity index (χ0n) is 11.0. The third-order valence-electron chi connectivity index (χ3n) is 4.54. The highest BCUT2D eigenvalue weighted by Crippen LogP contribution is 2.29. The predicted octanol–water partition coefficient (Wildman–Crippen LogP) is 2.61. The number of rotatable bonds is 4. The second-order valence-electron chi connectivity index (χ2n) is 5.84. The Hall–Kier alpha value is -0.120. The fraction of sp³-hybridized carbons (Fsp3) is 1.00. The lowest BCUT2D eigenvalue weighted by Crippen LogP contribution is -2.45. The molecule has 0 aromatic heterocycles. The van der Waals surface area contributed by atoms with Crippen LogP contribution in [0.3, 0.4) is 0 Å². The molecule has 0 radical (unpaired) electrons. The fourth-order valence-electron chi connectivity index (χ4n) is 3.44. The minimum atomic E-state index is 0.471. The highest BCUT2D eigenvalue weighted by atomic mass is 16.5. The van der Waals surface area contributed by atoms with Crippen LogP contribution in [0.1, 0.15) is 57.8 Å². The Labute approximate surface area is 105 Å². The molecule has 3 heteroatoms. The second-order valence-corrected chi connectivity index (χ2v) is 5.84. The van der Waals surface area contributed by atoms with Crippen molar-refractivity contribution in [2.45, 2.75) is 63.8 Å². The molecule has 2 fully saturated rings. The normalized spacial score (nSPS) is 29.8. The van der Waals surface area contributed by atoms with Gasteiger partial charge in [-0.3, -0.25) is 11.3 Å². The summed E-state index contributed by atoms with van der Waals surface area (Å²) in [6, 6.07) is 0.471. The number of hydrazine groups is 1. The zero-order valence-corrected chi connectivity index (χ0v) is 11.0. The summed E-state index contributed by atoms with van der Waals surface area (Å²) in [7, 11) is 0. The highest BCUT2D eigenvalue weighted by molar-refractivity contribution is 4.80. The molecule has 0 amide bonds. The lowest BCUT2D eigenvalue weighted by molar-refractivity contribution is 0.0347. The Morgan fingerprint density at radius 1 is 1.06 bits per heavy atom. The van der Waals surface area contributed by atoms with Crippen molar-refractivity contribution in [3.05, 3.63) is 0 Å². The van der Waals surface area contributed by atoms with E-state index < -0.39 is 0 Å². The van der Waals surface area contributed by atoms with Gasteiger partial charge in [0.1, 0.15) is 0 Å². The topological polar surface area (TPSA) is 47.3 Å². The van der Waals surface area contributed by atoms with Gasteiger partial charge in [-0.2, -0.15) is 0 Å². The van der Waals surface area contributed by atoms with Gasteiger partial charge in [0.15, 0.2) is 0 Å². The first-order valence-corrected chi connectivity index (χ1v) is 7.44. The van der Waals surface area contributed by atoms with E-state index in [-0.39, 0.29) is 0 Å². The van der Waals surface area contributed by atoms with Crippen molar-refractivity contribution in [2.24, 2.45) is 17.7 Å². The van der Waals surface area contributed by atoms with E-state index in [0.717, 1.165) is 19.1 Å². The van der Waals surface area contributed by atoms with E-state index in [1.165, 1.54) is 57.8 Å². The van der Waals surface area contributed by atoms with Gasteiger partial charge in [0.25, 0.3) is 0 Å². The summed E-state index contributed by atoms with van der Waals surface area (Å²) in [6.07, 6.45) is 12.3. The van der Waals surface area contributed by atoms with Gasteiger partial charge in [-0.05, 0) is 31.1 Å². The molecule has 3 nitrogen and oxygen atoms in total. The molecule has 1 saturated heterocycles. The molecular formula is C14H28N2O. The van der Waals surface area contributed by atoms with Crippen LogP contribution in [0.25, 0.3) is 0 Å². The fourth-order valence-corrected chi connectivity index (χ4v) is 3.44. The second kappa shape index (κ2) is 7.34. The molecule has 2 aliphatic rings. The van der Waals surface area contributed by atoms with Crippen LogP contribution in [-0.2, 0) is 4.74 Å². The van der Waals surface area contributed by atoms with Crippen molar-refractivity contribution in [2.75, 3.05) is 13.2 Å². The number of hydrogen-bond donors (Lipinski definition) is 2. The maximum atomic E-state index is 5.75. The molecule has 3 N–H and O–H groups in total. The summed E-state index contributed by atoms with van der Waals surface area (Å²) in [5.74, 6) is 7.28. The Bertz CT molecular complexity index is 196. The number of ether oxygens (including phenoxy) is 1. The van der Waals surface area contributed by atoms with Gasteiger partial charge in [0.2, 0.25) is 0 Å². The van der Waals surface area contributed by atoms with Crippen LogP contribution < -0.4 is 11.3 Å². The summed E-state index contributed by atoms with van der Waals surface area (Å²) in [4.78, 5) is 0. The quantitative estimate of drug-likeness (QED) is 0.451. The van der Waals surface area contributed by atoms with E-state index >= 15 is 0 Å². The molecule has 17 heavy (non-hydrogen) atoms. The van der Waals surface area contributed by atoms with E-state index in [2.05, 4.69) is 5.43 Å². The molecule has 2 unspecified atom stereocenters. The van der Waals surface area contributed by atoms with Crippen LogP contribution in [0, 0.1) is 11.8 Å². The maximum Gasteiger partial charge on any atom is 0.0509 e. The van der Waals surface area contributed by atoms with E-state index in [1.54, 1.807) is 0 Å². The third-order valence-corrected chi connectivity index (χ3v) is 4.54. The van der Waals surface area contributed by atoms with E-state index in [4.69, 9.17) is 10.6 Å². The molecule has 0 spiro atoms. The third kappa shape index (κ3) is 4.23. The first-order chi connectivity index (χ1) is 8.40. The maximum absolute atomic E-state index is 5.75. The molecule has 2 atom stereocenters. The van der Waals surface area contributed by atoms with Crippen LogP contribution in [0.2, 0.25) is 0 Å². The van der Waals surface area contributed by atoms with Crippen molar-refractivity contribution >= 4 is 0 Å².